The Kier molecular flexibility index (Phi) is 5.69. The van der Waals surface area contributed by atoms with E-state index < -0.39 is 0 Å². The molecule has 1 fully saturated rings. The molecule has 1 saturated heterocycles. The molecule has 1 aromatic carbocycles. The fraction of sp³-hybridized carbons (Fsp3) is 0.368. The van der Waals surface area contributed by atoms with Gasteiger partial charge >= 0.3 is 0 Å². The summed E-state index contributed by atoms with van der Waals surface area (Å²) < 4.78 is 0. The van der Waals surface area contributed by atoms with Crippen LogP contribution >= 0.6 is 11.6 Å². The van der Waals surface area contributed by atoms with Gasteiger partial charge < -0.3 is 10.2 Å². The maximum atomic E-state index is 12.7. The molecule has 1 aliphatic heterocycles. The minimum Gasteiger partial charge on any atom is -0.354 e. The Morgan fingerprint density at radius 3 is 2.73 bits per heavy atom. The highest BCUT2D eigenvalue weighted by Crippen LogP contribution is 2.23. The standard InChI is InChI=1S/C19H20ClN5O/c1-13(15-6-4-14(11-21)5-7-15)22-19(26)16-3-2-10-25(12-16)18-9-8-17(20)23-24-18/h4-9,13,16H,2-3,10,12H2,1H3,(H,22,26)/t13-,16-/m0/s1. The molecule has 26 heavy (non-hydrogen) atoms. The van der Waals surface area contributed by atoms with Gasteiger partial charge in [0.05, 0.1) is 23.6 Å². The van der Waals surface area contributed by atoms with E-state index in [2.05, 4.69) is 26.5 Å². The van der Waals surface area contributed by atoms with Gasteiger partial charge in [-0.3, -0.25) is 4.79 Å². The summed E-state index contributed by atoms with van der Waals surface area (Å²) in [6, 6.07) is 12.8. The maximum Gasteiger partial charge on any atom is 0.225 e. The van der Waals surface area contributed by atoms with Gasteiger partial charge in [-0.15, -0.1) is 10.2 Å². The molecule has 0 unspecified atom stereocenters. The van der Waals surface area contributed by atoms with E-state index in [1.807, 2.05) is 25.1 Å². The fourth-order valence-corrected chi connectivity index (χ4v) is 3.24. The Bertz CT molecular complexity index is 800. The van der Waals surface area contributed by atoms with Crippen molar-refractivity contribution in [3.63, 3.8) is 0 Å². The van der Waals surface area contributed by atoms with Crippen molar-refractivity contribution in [2.75, 3.05) is 18.0 Å². The number of piperidine rings is 1. The molecule has 2 heterocycles. The monoisotopic (exact) mass is 369 g/mol. The van der Waals surface area contributed by atoms with Crippen molar-refractivity contribution >= 4 is 23.3 Å². The Balaban J connectivity index is 1.61. The second kappa shape index (κ2) is 8.15. The summed E-state index contributed by atoms with van der Waals surface area (Å²) in [6.45, 7) is 3.41. The van der Waals surface area contributed by atoms with E-state index in [1.165, 1.54) is 0 Å². The second-order valence-electron chi connectivity index (χ2n) is 6.46. The molecule has 0 spiro atoms. The Labute approximate surface area is 157 Å². The van der Waals surface area contributed by atoms with Crippen molar-refractivity contribution in [2.24, 2.45) is 5.92 Å². The van der Waals surface area contributed by atoms with Gasteiger partial charge in [0.1, 0.15) is 0 Å². The molecule has 0 saturated carbocycles. The van der Waals surface area contributed by atoms with Gasteiger partial charge in [0.15, 0.2) is 11.0 Å². The summed E-state index contributed by atoms with van der Waals surface area (Å²) in [7, 11) is 0. The van der Waals surface area contributed by atoms with Crippen molar-refractivity contribution in [3.05, 3.63) is 52.7 Å². The molecular formula is C19H20ClN5O. The number of nitrogens with zero attached hydrogens (tertiary/aromatic N) is 4. The number of hydrogen-bond acceptors (Lipinski definition) is 5. The number of aromatic nitrogens is 2. The molecule has 1 aromatic heterocycles. The van der Waals surface area contributed by atoms with Crippen LogP contribution in [0.1, 0.15) is 36.9 Å². The van der Waals surface area contributed by atoms with Crippen molar-refractivity contribution in [1.29, 1.82) is 5.26 Å². The first-order valence-corrected chi connectivity index (χ1v) is 8.99. The van der Waals surface area contributed by atoms with E-state index in [-0.39, 0.29) is 17.9 Å². The second-order valence-corrected chi connectivity index (χ2v) is 6.85. The van der Waals surface area contributed by atoms with Crippen LogP contribution in [0.4, 0.5) is 5.82 Å². The van der Waals surface area contributed by atoms with E-state index in [0.29, 0.717) is 17.3 Å². The van der Waals surface area contributed by atoms with E-state index in [0.717, 1.165) is 30.8 Å². The number of carbonyl (C=O) groups is 1. The molecule has 2 atom stereocenters. The zero-order valence-corrected chi connectivity index (χ0v) is 15.3. The first kappa shape index (κ1) is 18.2. The zero-order valence-electron chi connectivity index (χ0n) is 14.5. The van der Waals surface area contributed by atoms with Crippen LogP contribution in [0, 0.1) is 17.2 Å². The lowest BCUT2D eigenvalue weighted by Crippen LogP contribution is -2.44. The average molecular weight is 370 g/mol. The number of rotatable bonds is 4. The lowest BCUT2D eigenvalue weighted by Gasteiger charge is -2.33. The molecule has 0 bridgehead atoms. The summed E-state index contributed by atoms with van der Waals surface area (Å²) >= 11 is 5.79. The molecule has 6 nitrogen and oxygen atoms in total. The van der Waals surface area contributed by atoms with Crippen molar-refractivity contribution < 1.29 is 4.79 Å². The van der Waals surface area contributed by atoms with Gasteiger partial charge in [0.25, 0.3) is 0 Å². The number of halogens is 1. The Morgan fingerprint density at radius 2 is 2.08 bits per heavy atom. The summed E-state index contributed by atoms with van der Waals surface area (Å²) in [5, 5.41) is 20.3. The number of nitrogens with one attached hydrogen (secondary N) is 1. The largest absolute Gasteiger partial charge is 0.354 e. The molecule has 1 amide bonds. The normalized spacial score (nSPS) is 18.0. The number of anilines is 1. The highest BCUT2D eigenvalue weighted by molar-refractivity contribution is 6.29. The molecule has 134 valence electrons. The summed E-state index contributed by atoms with van der Waals surface area (Å²) in [6.07, 6.45) is 1.77. The zero-order chi connectivity index (χ0) is 18.5. The van der Waals surface area contributed by atoms with Crippen LogP contribution < -0.4 is 10.2 Å². The van der Waals surface area contributed by atoms with Gasteiger partial charge in [0.2, 0.25) is 5.91 Å². The molecule has 0 aliphatic carbocycles. The van der Waals surface area contributed by atoms with E-state index >= 15 is 0 Å². The third-order valence-corrected chi connectivity index (χ3v) is 4.83. The van der Waals surface area contributed by atoms with Gasteiger partial charge in [-0.05, 0) is 49.6 Å². The maximum absolute atomic E-state index is 12.7. The van der Waals surface area contributed by atoms with E-state index in [1.54, 1.807) is 18.2 Å². The van der Waals surface area contributed by atoms with Crippen LogP contribution in [0.2, 0.25) is 5.15 Å². The molecule has 1 N–H and O–H groups in total. The molecule has 2 aromatic rings. The first-order chi connectivity index (χ1) is 12.6. The van der Waals surface area contributed by atoms with Gasteiger partial charge in [-0.2, -0.15) is 5.26 Å². The SMILES string of the molecule is C[C@H](NC(=O)[C@H]1CCCN(c2ccc(Cl)nn2)C1)c1ccc(C#N)cc1. The summed E-state index contributed by atoms with van der Waals surface area (Å²) in [4.78, 5) is 14.8. The van der Waals surface area contributed by atoms with Crippen LogP contribution in [-0.4, -0.2) is 29.2 Å². The highest BCUT2D eigenvalue weighted by Gasteiger charge is 2.27. The van der Waals surface area contributed by atoms with Crippen molar-refractivity contribution in [1.82, 2.24) is 15.5 Å². The lowest BCUT2D eigenvalue weighted by molar-refractivity contribution is -0.125. The molecule has 1 aliphatic rings. The topological polar surface area (TPSA) is 81.9 Å². The molecule has 0 radical (unpaired) electrons. The molecule has 7 heteroatoms. The third kappa shape index (κ3) is 4.30. The molecular weight excluding hydrogens is 350 g/mol. The fourth-order valence-electron chi connectivity index (χ4n) is 3.14. The van der Waals surface area contributed by atoms with E-state index in [4.69, 9.17) is 16.9 Å². The summed E-state index contributed by atoms with van der Waals surface area (Å²) in [5.74, 6) is 0.683. The minimum atomic E-state index is -0.110. The molecule has 3 rings (SSSR count). The smallest absolute Gasteiger partial charge is 0.225 e. The van der Waals surface area contributed by atoms with Crippen LogP contribution in [0.25, 0.3) is 0 Å². The van der Waals surface area contributed by atoms with Crippen LogP contribution in [-0.2, 0) is 4.79 Å². The number of nitriles is 1. The van der Waals surface area contributed by atoms with Crippen LogP contribution in [0.15, 0.2) is 36.4 Å². The van der Waals surface area contributed by atoms with Crippen molar-refractivity contribution in [2.45, 2.75) is 25.8 Å². The number of benzene rings is 1. The van der Waals surface area contributed by atoms with Crippen molar-refractivity contribution in [3.8, 4) is 6.07 Å². The van der Waals surface area contributed by atoms with Crippen LogP contribution in [0.5, 0.6) is 0 Å². The quantitative estimate of drug-likeness (QED) is 0.895. The first-order valence-electron chi connectivity index (χ1n) is 8.61. The third-order valence-electron chi connectivity index (χ3n) is 4.63. The number of hydrogen-bond donors (Lipinski definition) is 1. The average Bonchev–Trinajstić information content (AvgIpc) is 2.68. The van der Waals surface area contributed by atoms with Crippen LogP contribution in [0.3, 0.4) is 0 Å². The number of carbonyl (C=O) groups excluding carboxylic acids is 1. The van der Waals surface area contributed by atoms with Gasteiger partial charge in [-0.1, -0.05) is 23.7 Å². The Hall–Kier alpha value is -2.65. The predicted octanol–water partition coefficient (Wildman–Crippen LogP) is 3.10. The summed E-state index contributed by atoms with van der Waals surface area (Å²) in [5.41, 5.74) is 1.59. The van der Waals surface area contributed by atoms with E-state index in [9.17, 15) is 4.79 Å². The van der Waals surface area contributed by atoms with Gasteiger partial charge in [-0.25, -0.2) is 0 Å². The lowest BCUT2D eigenvalue weighted by atomic mass is 9.96. The minimum absolute atomic E-state index is 0.0356. The van der Waals surface area contributed by atoms with Gasteiger partial charge in [0, 0.05) is 13.1 Å². The number of amides is 1. The predicted molar refractivity (Wildman–Crippen MR) is 99.7 cm³/mol. The highest BCUT2D eigenvalue weighted by atomic mass is 35.5. The Morgan fingerprint density at radius 1 is 1.31 bits per heavy atom.